The lowest BCUT2D eigenvalue weighted by molar-refractivity contribution is 0.261. The molecule has 0 bridgehead atoms. The van der Waals surface area contributed by atoms with Gasteiger partial charge in [-0.1, -0.05) is 6.07 Å². The van der Waals surface area contributed by atoms with Crippen LogP contribution in [0.1, 0.15) is 0 Å². The Morgan fingerprint density at radius 2 is 1.50 bits per heavy atom. The molecule has 22 heavy (non-hydrogen) atoms. The van der Waals surface area contributed by atoms with Gasteiger partial charge < -0.3 is 10.6 Å². The first-order valence-electron chi connectivity index (χ1n) is 5.91. The molecular weight excluding hydrogens is 340 g/mol. The number of hydrogen-bond acceptors (Lipinski definition) is 8. The van der Waals surface area contributed by atoms with Crippen LogP contribution in [0, 0.1) is 0 Å². The number of hydrogen-bond donors (Lipinski definition) is 3. The fourth-order valence-corrected chi connectivity index (χ4v) is 2.17. The van der Waals surface area contributed by atoms with Crippen LogP contribution in [0.25, 0.3) is 0 Å². The summed E-state index contributed by atoms with van der Waals surface area (Å²) in [6.07, 6.45) is 0. The topological polar surface area (TPSA) is 156 Å². The Balaban J connectivity index is 2.72. The molecule has 0 aromatic heterocycles. The summed E-state index contributed by atoms with van der Waals surface area (Å²) in [4.78, 5) is 1.51. The van der Waals surface area contributed by atoms with Gasteiger partial charge in [0, 0.05) is 24.5 Å². The van der Waals surface area contributed by atoms with Crippen LogP contribution in [-0.2, 0) is 29.2 Å². The summed E-state index contributed by atoms with van der Waals surface area (Å²) >= 11 is 0. The van der Waals surface area contributed by atoms with Gasteiger partial charge in [0.25, 0.3) is 0 Å². The number of anilines is 2. The van der Waals surface area contributed by atoms with Gasteiger partial charge in [-0.3, -0.25) is 9.11 Å². The van der Waals surface area contributed by atoms with Crippen molar-refractivity contribution in [2.24, 2.45) is 0 Å². The second-order valence-corrected chi connectivity index (χ2v) is 6.26. The molecule has 1 aromatic carbocycles. The highest BCUT2D eigenvalue weighted by Crippen LogP contribution is 2.17. The Morgan fingerprint density at radius 3 is 1.91 bits per heavy atom. The van der Waals surface area contributed by atoms with E-state index in [1.165, 1.54) is 4.90 Å². The molecule has 10 nitrogen and oxygen atoms in total. The van der Waals surface area contributed by atoms with Crippen LogP contribution < -0.4 is 10.6 Å². The molecule has 0 atom stereocenters. The van der Waals surface area contributed by atoms with Gasteiger partial charge >= 0.3 is 20.8 Å². The molecule has 0 unspecified atom stereocenters. The van der Waals surface area contributed by atoms with E-state index in [9.17, 15) is 16.8 Å². The zero-order valence-electron chi connectivity index (χ0n) is 11.3. The molecule has 4 N–H and O–H groups in total. The molecule has 0 aliphatic carbocycles. The van der Waals surface area contributed by atoms with Crippen LogP contribution in [-0.4, -0.2) is 52.2 Å². The lowest BCUT2D eigenvalue weighted by atomic mass is 10.2. The maximum absolute atomic E-state index is 10.5. The smallest absolute Gasteiger partial charge is 0.397 e. The summed E-state index contributed by atoms with van der Waals surface area (Å²) in [6, 6.07) is 6.49. The van der Waals surface area contributed by atoms with Crippen molar-refractivity contribution in [1.82, 2.24) is 0 Å². The molecule has 0 spiro atoms. The fraction of sp³-hybridized carbons (Fsp3) is 0.400. The Bertz CT molecular complexity index is 651. The van der Waals surface area contributed by atoms with Crippen molar-refractivity contribution in [3.8, 4) is 0 Å². The largest absolute Gasteiger partial charge is 0.399 e. The minimum atomic E-state index is -4.57. The average molecular weight is 356 g/mol. The van der Waals surface area contributed by atoms with Crippen molar-refractivity contribution < 1.29 is 34.3 Å². The SMILES string of the molecule is Nc1cccc(N(CCOS(=O)(=O)O)CCOS(=O)(=O)O)c1. The van der Waals surface area contributed by atoms with Gasteiger partial charge in [-0.15, -0.1) is 0 Å². The quantitative estimate of drug-likeness (QED) is 0.397. The van der Waals surface area contributed by atoms with Crippen molar-refractivity contribution in [1.29, 1.82) is 0 Å². The van der Waals surface area contributed by atoms with Crippen molar-refractivity contribution >= 4 is 32.2 Å². The summed E-state index contributed by atoms with van der Waals surface area (Å²) in [7, 11) is -9.14. The molecule has 1 rings (SSSR count). The second-order valence-electron chi connectivity index (χ2n) is 4.08. The van der Waals surface area contributed by atoms with Gasteiger partial charge in [-0.25, -0.2) is 8.37 Å². The number of rotatable bonds is 9. The van der Waals surface area contributed by atoms with Gasteiger partial charge in [0.15, 0.2) is 0 Å². The Morgan fingerprint density at radius 1 is 1.00 bits per heavy atom. The van der Waals surface area contributed by atoms with E-state index >= 15 is 0 Å². The van der Waals surface area contributed by atoms with E-state index in [4.69, 9.17) is 14.8 Å². The van der Waals surface area contributed by atoms with E-state index in [0.29, 0.717) is 11.4 Å². The van der Waals surface area contributed by atoms with E-state index in [0.717, 1.165) is 0 Å². The Labute approximate surface area is 128 Å². The summed E-state index contributed by atoms with van der Waals surface area (Å²) in [5.74, 6) is 0. The molecule has 0 aliphatic heterocycles. The van der Waals surface area contributed by atoms with Crippen molar-refractivity contribution in [3.63, 3.8) is 0 Å². The highest BCUT2D eigenvalue weighted by Gasteiger charge is 2.12. The molecule has 0 amide bonds. The first kappa shape index (κ1) is 18.6. The van der Waals surface area contributed by atoms with Crippen LogP contribution in [0.15, 0.2) is 24.3 Å². The molecule has 12 heteroatoms. The van der Waals surface area contributed by atoms with Gasteiger partial charge in [-0.2, -0.15) is 16.8 Å². The molecular formula is C10H16N2O8S2. The first-order valence-corrected chi connectivity index (χ1v) is 8.64. The number of nitrogens with two attached hydrogens (primary N) is 1. The zero-order chi connectivity index (χ0) is 16.8. The molecule has 0 saturated heterocycles. The van der Waals surface area contributed by atoms with E-state index in [1.807, 2.05) is 0 Å². The second kappa shape index (κ2) is 7.71. The standard InChI is InChI=1S/C10H16N2O8S2/c11-9-2-1-3-10(8-9)12(4-6-19-21(13,14)15)5-7-20-22(16,17)18/h1-3,8H,4-7,11H2,(H,13,14,15)(H,16,17,18). The lowest BCUT2D eigenvalue weighted by Crippen LogP contribution is -2.32. The van der Waals surface area contributed by atoms with Crippen molar-refractivity contribution in [3.05, 3.63) is 24.3 Å². The van der Waals surface area contributed by atoms with Gasteiger partial charge in [-0.05, 0) is 18.2 Å². The van der Waals surface area contributed by atoms with E-state index in [1.54, 1.807) is 24.3 Å². The number of benzene rings is 1. The number of nitrogen functional groups attached to an aromatic ring is 1. The molecule has 0 radical (unpaired) electrons. The van der Waals surface area contributed by atoms with Crippen LogP contribution in [0.5, 0.6) is 0 Å². The third-order valence-corrected chi connectivity index (χ3v) is 3.35. The zero-order valence-corrected chi connectivity index (χ0v) is 13.0. The minimum Gasteiger partial charge on any atom is -0.399 e. The summed E-state index contributed by atoms with van der Waals surface area (Å²) in [5.41, 5.74) is 6.62. The van der Waals surface area contributed by atoms with Crippen LogP contribution in [0.2, 0.25) is 0 Å². The van der Waals surface area contributed by atoms with Crippen LogP contribution in [0.4, 0.5) is 11.4 Å². The predicted octanol–water partition coefficient (Wildman–Crippen LogP) is -0.286. The van der Waals surface area contributed by atoms with E-state index in [-0.39, 0.29) is 26.3 Å². The van der Waals surface area contributed by atoms with E-state index in [2.05, 4.69) is 8.37 Å². The maximum Gasteiger partial charge on any atom is 0.397 e. The molecule has 0 heterocycles. The number of nitrogens with zero attached hydrogens (tertiary/aromatic N) is 1. The lowest BCUT2D eigenvalue weighted by Gasteiger charge is -2.24. The highest BCUT2D eigenvalue weighted by molar-refractivity contribution is 7.81. The van der Waals surface area contributed by atoms with Crippen molar-refractivity contribution in [2.45, 2.75) is 0 Å². The summed E-state index contributed by atoms with van der Waals surface area (Å²) in [5, 5.41) is 0. The van der Waals surface area contributed by atoms with Gasteiger partial charge in [0.05, 0.1) is 13.2 Å². The van der Waals surface area contributed by atoms with Gasteiger partial charge in [0.2, 0.25) is 0 Å². The normalized spacial score (nSPS) is 12.3. The summed E-state index contributed by atoms with van der Waals surface area (Å²) in [6.45, 7) is -0.755. The van der Waals surface area contributed by atoms with Crippen LogP contribution in [0.3, 0.4) is 0 Å². The molecule has 1 aromatic rings. The summed E-state index contributed by atoms with van der Waals surface area (Å²) < 4.78 is 67.4. The molecule has 0 fully saturated rings. The fourth-order valence-electron chi connectivity index (χ4n) is 1.60. The third kappa shape index (κ3) is 8.11. The average Bonchev–Trinajstić information content (AvgIpc) is 2.34. The Kier molecular flexibility index (Phi) is 6.52. The highest BCUT2D eigenvalue weighted by atomic mass is 32.3. The van der Waals surface area contributed by atoms with Gasteiger partial charge in [0.1, 0.15) is 0 Å². The Hall–Kier alpha value is -1.44. The third-order valence-electron chi connectivity index (χ3n) is 2.42. The molecule has 126 valence electrons. The minimum absolute atomic E-state index is 0.00191. The van der Waals surface area contributed by atoms with Crippen molar-refractivity contribution in [2.75, 3.05) is 36.9 Å². The molecule has 0 aliphatic rings. The maximum atomic E-state index is 10.5. The molecule has 0 saturated carbocycles. The predicted molar refractivity (Wildman–Crippen MR) is 78.1 cm³/mol. The monoisotopic (exact) mass is 356 g/mol. The van der Waals surface area contributed by atoms with Crippen LogP contribution >= 0.6 is 0 Å². The first-order chi connectivity index (χ1) is 10.1. The van der Waals surface area contributed by atoms with E-state index < -0.39 is 20.8 Å².